The van der Waals surface area contributed by atoms with Crippen LogP contribution in [-0.4, -0.2) is 18.8 Å². The van der Waals surface area contributed by atoms with E-state index in [1.165, 1.54) is 11.1 Å². The van der Waals surface area contributed by atoms with E-state index >= 15 is 0 Å². The Morgan fingerprint density at radius 1 is 1.27 bits per heavy atom. The number of fused-ring (bicyclic) bond motifs is 1. The van der Waals surface area contributed by atoms with Crippen molar-refractivity contribution in [3.63, 3.8) is 0 Å². The van der Waals surface area contributed by atoms with Gasteiger partial charge in [0.2, 0.25) is 0 Å². The molecule has 3 rings (SSSR count). The van der Waals surface area contributed by atoms with Crippen LogP contribution < -0.4 is 0 Å². The minimum atomic E-state index is -3.20. The molecule has 118 valence electrons. The van der Waals surface area contributed by atoms with Crippen LogP contribution in [0.15, 0.2) is 28.8 Å². The first kappa shape index (κ1) is 15.3. The first-order chi connectivity index (χ1) is 10.5. The third-order valence-corrected chi connectivity index (χ3v) is 6.65. The second-order valence-electron chi connectivity index (χ2n) is 5.96. The lowest BCUT2D eigenvalue weighted by atomic mass is 9.92. The Morgan fingerprint density at radius 2 is 2.00 bits per heavy atom. The minimum Gasteiger partial charge on any atom is -0.361 e. The van der Waals surface area contributed by atoms with Gasteiger partial charge in [0, 0.05) is 12.0 Å². The fourth-order valence-electron chi connectivity index (χ4n) is 3.19. The Hall–Kier alpha value is -1.62. The molecule has 1 aromatic carbocycles. The van der Waals surface area contributed by atoms with Crippen LogP contribution in [0.5, 0.6) is 0 Å². The maximum Gasteiger partial charge on any atom is 0.157 e. The normalized spacial score (nSPS) is 18.2. The van der Waals surface area contributed by atoms with Crippen LogP contribution in [0.25, 0.3) is 0 Å². The van der Waals surface area contributed by atoms with Gasteiger partial charge < -0.3 is 4.52 Å². The Morgan fingerprint density at radius 3 is 2.73 bits per heavy atom. The molecule has 5 heteroatoms. The quantitative estimate of drug-likeness (QED) is 0.869. The molecule has 1 unspecified atom stereocenters. The van der Waals surface area contributed by atoms with Gasteiger partial charge in [-0.25, -0.2) is 8.42 Å². The van der Waals surface area contributed by atoms with E-state index in [0.29, 0.717) is 30.7 Å². The lowest BCUT2D eigenvalue weighted by Crippen LogP contribution is -2.29. The number of sulfone groups is 1. The Bertz CT molecular complexity index is 777. The zero-order valence-corrected chi connectivity index (χ0v) is 13.8. The van der Waals surface area contributed by atoms with Crippen LogP contribution in [0.1, 0.15) is 41.5 Å². The van der Waals surface area contributed by atoms with Gasteiger partial charge in [-0.05, 0) is 37.3 Å². The zero-order chi connectivity index (χ0) is 15.7. The molecule has 0 aliphatic heterocycles. The molecule has 1 aliphatic rings. The summed E-state index contributed by atoms with van der Waals surface area (Å²) >= 11 is 0. The molecule has 0 saturated carbocycles. The van der Waals surface area contributed by atoms with E-state index in [1.54, 1.807) is 0 Å². The van der Waals surface area contributed by atoms with Crippen molar-refractivity contribution < 1.29 is 12.9 Å². The van der Waals surface area contributed by atoms with E-state index in [2.05, 4.69) is 11.2 Å². The van der Waals surface area contributed by atoms with Crippen molar-refractivity contribution in [2.75, 3.05) is 0 Å². The van der Waals surface area contributed by atoms with Crippen LogP contribution in [0.2, 0.25) is 0 Å². The van der Waals surface area contributed by atoms with Gasteiger partial charge in [0.1, 0.15) is 5.76 Å². The van der Waals surface area contributed by atoms with Crippen molar-refractivity contribution in [2.45, 2.75) is 50.5 Å². The lowest BCUT2D eigenvalue weighted by molar-refractivity contribution is 0.382. The highest BCUT2D eigenvalue weighted by molar-refractivity contribution is 7.91. The van der Waals surface area contributed by atoms with Gasteiger partial charge in [-0.1, -0.05) is 36.3 Å². The van der Waals surface area contributed by atoms with E-state index < -0.39 is 9.84 Å². The molecule has 1 atom stereocenters. The number of nitrogens with zero attached hydrogens (tertiary/aromatic N) is 1. The molecule has 0 N–H and O–H groups in total. The van der Waals surface area contributed by atoms with E-state index in [9.17, 15) is 8.42 Å². The van der Waals surface area contributed by atoms with E-state index in [4.69, 9.17) is 4.52 Å². The fraction of sp³-hybridized carbons (Fsp3) is 0.471. The number of hydrogen-bond acceptors (Lipinski definition) is 4. The van der Waals surface area contributed by atoms with Gasteiger partial charge >= 0.3 is 0 Å². The topological polar surface area (TPSA) is 60.2 Å². The third-order valence-electron chi connectivity index (χ3n) is 4.54. The summed E-state index contributed by atoms with van der Waals surface area (Å²) in [6.45, 7) is 3.76. The first-order valence-electron chi connectivity index (χ1n) is 7.73. The fourth-order valence-corrected chi connectivity index (χ4v) is 5.11. The molecule has 4 nitrogen and oxygen atoms in total. The van der Waals surface area contributed by atoms with Gasteiger partial charge in [-0.3, -0.25) is 0 Å². The van der Waals surface area contributed by atoms with Gasteiger partial charge in [0.15, 0.2) is 9.84 Å². The number of benzene rings is 1. The SMILES string of the molecule is CCc1onc(C)c1CS(=O)(=O)C1CCc2ccccc2C1. The van der Waals surface area contributed by atoms with Gasteiger partial charge in [-0.15, -0.1) is 0 Å². The molecule has 0 saturated heterocycles. The standard InChI is InChI=1S/C17H21NO3S/c1-3-17-16(12(2)18-21-17)11-22(19,20)15-9-8-13-6-4-5-7-14(13)10-15/h4-7,15H,3,8-11H2,1-2H3. The average molecular weight is 319 g/mol. The van der Waals surface area contributed by atoms with Crippen LogP contribution in [0.4, 0.5) is 0 Å². The zero-order valence-electron chi connectivity index (χ0n) is 13.0. The highest BCUT2D eigenvalue weighted by Crippen LogP contribution is 2.28. The molecule has 1 aromatic heterocycles. The van der Waals surface area contributed by atoms with Crippen molar-refractivity contribution in [3.05, 3.63) is 52.4 Å². The summed E-state index contributed by atoms with van der Waals surface area (Å²) in [5.74, 6) is 0.732. The maximum atomic E-state index is 12.8. The lowest BCUT2D eigenvalue weighted by Gasteiger charge is -2.24. The highest BCUT2D eigenvalue weighted by Gasteiger charge is 2.31. The van der Waals surface area contributed by atoms with Crippen LogP contribution in [-0.2, 0) is 34.9 Å². The second kappa shape index (κ2) is 5.88. The maximum absolute atomic E-state index is 12.8. The molecule has 1 heterocycles. The minimum absolute atomic E-state index is 0.0400. The summed E-state index contributed by atoms with van der Waals surface area (Å²) in [6.07, 6.45) is 2.82. The monoisotopic (exact) mass is 319 g/mol. The Labute approximate surface area is 131 Å². The van der Waals surface area contributed by atoms with E-state index in [1.807, 2.05) is 32.0 Å². The van der Waals surface area contributed by atoms with Crippen LogP contribution in [0, 0.1) is 6.92 Å². The Balaban J connectivity index is 1.84. The average Bonchev–Trinajstić information content (AvgIpc) is 2.86. The van der Waals surface area contributed by atoms with Crippen molar-refractivity contribution in [3.8, 4) is 0 Å². The molecule has 1 aliphatic carbocycles. The molecular weight excluding hydrogens is 298 g/mol. The number of hydrogen-bond donors (Lipinski definition) is 0. The smallest absolute Gasteiger partial charge is 0.157 e. The van der Waals surface area contributed by atoms with Crippen LogP contribution >= 0.6 is 0 Å². The van der Waals surface area contributed by atoms with Crippen molar-refractivity contribution >= 4 is 9.84 Å². The van der Waals surface area contributed by atoms with Gasteiger partial charge in [0.25, 0.3) is 0 Å². The second-order valence-corrected chi connectivity index (χ2v) is 8.25. The molecular formula is C17H21NO3S. The molecule has 22 heavy (non-hydrogen) atoms. The summed E-state index contributed by atoms with van der Waals surface area (Å²) in [4.78, 5) is 0. The first-order valence-corrected chi connectivity index (χ1v) is 9.45. The van der Waals surface area contributed by atoms with E-state index in [-0.39, 0.29) is 11.0 Å². The summed E-state index contributed by atoms with van der Waals surface area (Å²) in [5.41, 5.74) is 3.89. The van der Waals surface area contributed by atoms with Gasteiger partial charge in [0.05, 0.1) is 16.7 Å². The summed E-state index contributed by atoms with van der Waals surface area (Å²) in [5, 5.41) is 3.61. The molecule has 2 aromatic rings. The predicted octanol–water partition coefficient (Wildman–Crippen LogP) is 3.02. The number of rotatable bonds is 4. The summed E-state index contributed by atoms with van der Waals surface area (Å²) in [7, 11) is -3.20. The number of aryl methyl sites for hydroxylation is 3. The molecule has 0 amide bonds. The molecule has 0 spiro atoms. The third kappa shape index (κ3) is 2.82. The van der Waals surface area contributed by atoms with Crippen LogP contribution in [0.3, 0.4) is 0 Å². The largest absolute Gasteiger partial charge is 0.361 e. The highest BCUT2D eigenvalue weighted by atomic mass is 32.2. The molecule has 0 radical (unpaired) electrons. The van der Waals surface area contributed by atoms with Crippen molar-refractivity contribution in [1.29, 1.82) is 0 Å². The van der Waals surface area contributed by atoms with Crippen molar-refractivity contribution in [1.82, 2.24) is 5.16 Å². The predicted molar refractivity (Wildman–Crippen MR) is 85.5 cm³/mol. The van der Waals surface area contributed by atoms with Crippen molar-refractivity contribution in [2.24, 2.45) is 0 Å². The molecule has 0 bridgehead atoms. The van der Waals surface area contributed by atoms with Gasteiger partial charge in [-0.2, -0.15) is 0 Å². The summed E-state index contributed by atoms with van der Waals surface area (Å²) in [6, 6.07) is 8.13. The Kier molecular flexibility index (Phi) is 4.08. The summed E-state index contributed by atoms with van der Waals surface area (Å²) < 4.78 is 30.8. The molecule has 0 fully saturated rings. The number of aromatic nitrogens is 1. The van der Waals surface area contributed by atoms with E-state index in [0.717, 1.165) is 12.0 Å².